The van der Waals surface area contributed by atoms with Crippen LogP contribution in [0.2, 0.25) is 10.0 Å². The minimum atomic E-state index is -0.981. The summed E-state index contributed by atoms with van der Waals surface area (Å²) in [6.45, 7) is 2.43. The lowest BCUT2D eigenvalue weighted by atomic mass is 10.1. The molecule has 1 fully saturated rings. The summed E-state index contributed by atoms with van der Waals surface area (Å²) in [7, 11) is 1.28. The molecular weight excluding hydrogens is 565 g/mol. The van der Waals surface area contributed by atoms with Gasteiger partial charge in [-0.15, -0.1) is 0 Å². The standard InChI is InChI=1S/C28H23Cl2NO5S2/c1-3-35-23-14-17(12-13-22(23)36-16-19-20(29)10-7-11-21(19)30)15-24-26(32)31(28(37)38-24)25(27(33)34-2)18-8-5-4-6-9-18/h4-15,25H,3,16H2,1-2H3/b24-15-. The number of esters is 1. The highest BCUT2D eigenvalue weighted by Crippen LogP contribution is 2.40. The van der Waals surface area contributed by atoms with E-state index < -0.39 is 12.0 Å². The number of benzene rings is 3. The zero-order valence-electron chi connectivity index (χ0n) is 20.5. The first kappa shape index (κ1) is 28.0. The number of rotatable bonds is 9. The van der Waals surface area contributed by atoms with Gasteiger partial charge < -0.3 is 14.2 Å². The molecular formula is C28H23Cl2NO5S2. The topological polar surface area (TPSA) is 65.1 Å². The largest absolute Gasteiger partial charge is 0.490 e. The molecule has 6 nitrogen and oxygen atoms in total. The van der Waals surface area contributed by atoms with Gasteiger partial charge in [-0.05, 0) is 48.4 Å². The molecule has 1 saturated heterocycles. The monoisotopic (exact) mass is 587 g/mol. The molecule has 0 radical (unpaired) electrons. The van der Waals surface area contributed by atoms with Crippen LogP contribution in [0.25, 0.3) is 6.08 Å². The highest BCUT2D eigenvalue weighted by atomic mass is 35.5. The molecule has 4 rings (SSSR count). The fourth-order valence-corrected chi connectivity index (χ4v) is 5.63. The first-order chi connectivity index (χ1) is 18.3. The molecule has 0 aromatic heterocycles. The lowest BCUT2D eigenvalue weighted by molar-refractivity contribution is -0.148. The molecule has 1 atom stereocenters. The van der Waals surface area contributed by atoms with E-state index >= 15 is 0 Å². The van der Waals surface area contributed by atoms with Crippen LogP contribution in [0.15, 0.2) is 71.6 Å². The van der Waals surface area contributed by atoms with Gasteiger partial charge in [-0.1, -0.05) is 89.6 Å². The van der Waals surface area contributed by atoms with Crippen molar-refractivity contribution in [2.45, 2.75) is 19.6 Å². The number of carbonyl (C=O) groups is 2. The normalized spacial score (nSPS) is 15.1. The number of hydrogen-bond donors (Lipinski definition) is 0. The SMILES string of the molecule is CCOc1cc(/C=C2\SC(=S)N(C(C(=O)OC)c3ccccc3)C2=O)ccc1OCc1c(Cl)cccc1Cl. The van der Waals surface area contributed by atoms with Crippen molar-refractivity contribution in [3.63, 3.8) is 0 Å². The highest BCUT2D eigenvalue weighted by Gasteiger charge is 2.41. The second kappa shape index (κ2) is 12.7. The molecule has 3 aromatic carbocycles. The molecule has 1 amide bonds. The second-order valence-corrected chi connectivity index (χ2v) is 10.5. The van der Waals surface area contributed by atoms with Gasteiger partial charge in [0.1, 0.15) is 10.9 Å². The summed E-state index contributed by atoms with van der Waals surface area (Å²) >= 11 is 19.1. The number of amides is 1. The summed E-state index contributed by atoms with van der Waals surface area (Å²) < 4.78 is 17.0. The van der Waals surface area contributed by atoms with Crippen molar-refractivity contribution in [2.75, 3.05) is 13.7 Å². The predicted molar refractivity (Wildman–Crippen MR) is 155 cm³/mol. The number of thiocarbonyl (C=S) groups is 1. The Balaban J connectivity index is 1.59. The number of methoxy groups -OCH3 is 1. The Kier molecular flexibility index (Phi) is 9.33. The lowest BCUT2D eigenvalue weighted by Crippen LogP contribution is -2.37. The first-order valence-corrected chi connectivity index (χ1v) is 13.5. The lowest BCUT2D eigenvalue weighted by Gasteiger charge is -2.24. The van der Waals surface area contributed by atoms with Crippen molar-refractivity contribution in [3.8, 4) is 11.5 Å². The van der Waals surface area contributed by atoms with Crippen LogP contribution in [0.5, 0.6) is 11.5 Å². The zero-order valence-corrected chi connectivity index (χ0v) is 23.6. The number of ether oxygens (including phenoxy) is 3. The molecule has 0 spiro atoms. The van der Waals surface area contributed by atoms with Crippen LogP contribution in [0.3, 0.4) is 0 Å². The van der Waals surface area contributed by atoms with Gasteiger partial charge in [0.2, 0.25) is 0 Å². The summed E-state index contributed by atoms with van der Waals surface area (Å²) in [6.07, 6.45) is 1.70. The van der Waals surface area contributed by atoms with E-state index in [2.05, 4.69) is 0 Å². The number of nitrogens with zero attached hydrogens (tertiary/aromatic N) is 1. The van der Waals surface area contributed by atoms with Crippen molar-refractivity contribution < 1.29 is 23.8 Å². The third kappa shape index (κ3) is 6.15. The van der Waals surface area contributed by atoms with Crippen LogP contribution in [-0.2, 0) is 20.9 Å². The van der Waals surface area contributed by atoms with E-state index in [4.69, 9.17) is 49.6 Å². The molecule has 3 aromatic rings. The van der Waals surface area contributed by atoms with E-state index in [-0.39, 0.29) is 16.8 Å². The predicted octanol–water partition coefficient (Wildman–Crippen LogP) is 7.09. The van der Waals surface area contributed by atoms with Crippen LogP contribution in [0, 0.1) is 0 Å². The Labute approximate surface area is 240 Å². The highest BCUT2D eigenvalue weighted by molar-refractivity contribution is 8.26. The molecule has 0 aliphatic carbocycles. The van der Waals surface area contributed by atoms with E-state index in [0.717, 1.165) is 11.8 Å². The van der Waals surface area contributed by atoms with Gasteiger partial charge in [0.15, 0.2) is 17.5 Å². The van der Waals surface area contributed by atoms with E-state index in [1.54, 1.807) is 66.7 Å². The Hall–Kier alpha value is -3.04. The molecule has 0 bridgehead atoms. The molecule has 0 saturated carbocycles. The van der Waals surface area contributed by atoms with Crippen LogP contribution in [0.1, 0.15) is 29.7 Å². The molecule has 1 aliphatic heterocycles. The fourth-order valence-electron chi connectivity index (χ4n) is 3.81. The molecule has 38 heavy (non-hydrogen) atoms. The van der Waals surface area contributed by atoms with Crippen molar-refractivity contribution in [1.82, 2.24) is 4.90 Å². The van der Waals surface area contributed by atoms with Crippen molar-refractivity contribution in [1.29, 1.82) is 0 Å². The van der Waals surface area contributed by atoms with Crippen LogP contribution in [-0.4, -0.2) is 34.8 Å². The van der Waals surface area contributed by atoms with E-state index in [9.17, 15) is 9.59 Å². The Bertz CT molecular complexity index is 1380. The maximum absolute atomic E-state index is 13.4. The van der Waals surface area contributed by atoms with Gasteiger partial charge in [-0.3, -0.25) is 9.69 Å². The molecule has 0 N–H and O–H groups in total. The van der Waals surface area contributed by atoms with Crippen LogP contribution in [0.4, 0.5) is 0 Å². The van der Waals surface area contributed by atoms with Crippen molar-refractivity contribution in [2.24, 2.45) is 0 Å². The van der Waals surface area contributed by atoms with E-state index in [1.807, 2.05) is 13.0 Å². The molecule has 196 valence electrons. The maximum Gasteiger partial charge on any atom is 0.333 e. The molecule has 10 heteroatoms. The average Bonchev–Trinajstić information content (AvgIpc) is 3.18. The van der Waals surface area contributed by atoms with Gasteiger partial charge >= 0.3 is 5.97 Å². The van der Waals surface area contributed by atoms with Gasteiger partial charge in [0, 0.05) is 15.6 Å². The quantitative estimate of drug-likeness (QED) is 0.150. The summed E-state index contributed by atoms with van der Waals surface area (Å²) in [6, 6.07) is 18.5. The third-order valence-corrected chi connectivity index (χ3v) is 7.66. The fraction of sp³-hybridized carbons (Fsp3) is 0.179. The summed E-state index contributed by atoms with van der Waals surface area (Å²) in [5.74, 6) is 0.0393. The van der Waals surface area contributed by atoms with E-state index in [0.29, 0.717) is 49.7 Å². The van der Waals surface area contributed by atoms with Crippen LogP contribution >= 0.6 is 47.2 Å². The number of hydrogen-bond acceptors (Lipinski definition) is 7. The average molecular weight is 589 g/mol. The number of halogens is 2. The third-order valence-electron chi connectivity index (χ3n) is 5.62. The van der Waals surface area contributed by atoms with Crippen LogP contribution < -0.4 is 9.47 Å². The zero-order chi connectivity index (χ0) is 27.2. The molecule has 1 aliphatic rings. The first-order valence-electron chi connectivity index (χ1n) is 11.6. The minimum absolute atomic E-state index is 0.158. The summed E-state index contributed by atoms with van der Waals surface area (Å²) in [5, 5.41) is 1.02. The Morgan fingerprint density at radius 3 is 2.39 bits per heavy atom. The Morgan fingerprint density at radius 1 is 1.03 bits per heavy atom. The second-order valence-electron chi connectivity index (χ2n) is 8.02. The Morgan fingerprint density at radius 2 is 1.74 bits per heavy atom. The van der Waals surface area contributed by atoms with Gasteiger partial charge in [-0.25, -0.2) is 4.79 Å². The minimum Gasteiger partial charge on any atom is -0.490 e. The maximum atomic E-state index is 13.4. The molecule has 1 unspecified atom stereocenters. The van der Waals surface area contributed by atoms with Gasteiger partial charge in [-0.2, -0.15) is 0 Å². The number of thioether (sulfide) groups is 1. The summed E-state index contributed by atoms with van der Waals surface area (Å²) in [4.78, 5) is 27.7. The van der Waals surface area contributed by atoms with Crippen molar-refractivity contribution in [3.05, 3.63) is 98.4 Å². The number of carbonyl (C=O) groups excluding carboxylic acids is 2. The van der Waals surface area contributed by atoms with Crippen molar-refractivity contribution >= 4 is 69.5 Å². The molecule has 1 heterocycles. The smallest absolute Gasteiger partial charge is 0.333 e. The summed E-state index contributed by atoms with van der Waals surface area (Å²) in [5.41, 5.74) is 1.98. The van der Waals surface area contributed by atoms with E-state index in [1.165, 1.54) is 12.0 Å². The van der Waals surface area contributed by atoms with Gasteiger partial charge in [0.25, 0.3) is 5.91 Å². The van der Waals surface area contributed by atoms with Gasteiger partial charge in [0.05, 0.1) is 18.6 Å².